The summed E-state index contributed by atoms with van der Waals surface area (Å²) in [6.45, 7) is 8.10. The van der Waals surface area contributed by atoms with Crippen LogP contribution in [0.1, 0.15) is 64.4 Å². The molecule has 1 saturated carbocycles. The van der Waals surface area contributed by atoms with Crippen molar-refractivity contribution in [3.8, 4) is 0 Å². The monoisotopic (exact) mass is 556 g/mol. The Morgan fingerprint density at radius 1 is 0.925 bits per heavy atom. The number of rotatable bonds is 19. The number of hydrogen-bond donors (Lipinski definition) is 5. The SMILES string of the molecule is CCC(CC)Nc1nc(NCC2CCCCC2)nc(Nc2ccc(CC(=O)NCCOCCOCCN)cc2)n1. The first kappa shape index (κ1) is 31.5. The van der Waals surface area contributed by atoms with Gasteiger partial charge < -0.3 is 36.5 Å². The molecule has 1 aromatic heterocycles. The van der Waals surface area contributed by atoms with Crippen LogP contribution in [0, 0.1) is 5.92 Å². The van der Waals surface area contributed by atoms with E-state index in [-0.39, 0.29) is 5.91 Å². The van der Waals surface area contributed by atoms with Gasteiger partial charge in [0.05, 0.1) is 32.8 Å². The van der Waals surface area contributed by atoms with Crippen LogP contribution in [0.3, 0.4) is 0 Å². The molecule has 11 nitrogen and oxygen atoms in total. The van der Waals surface area contributed by atoms with Gasteiger partial charge in [-0.2, -0.15) is 15.0 Å². The van der Waals surface area contributed by atoms with E-state index in [2.05, 4.69) is 50.1 Å². The molecule has 11 heteroatoms. The molecule has 0 radical (unpaired) electrons. The van der Waals surface area contributed by atoms with E-state index in [1.165, 1.54) is 32.1 Å². The van der Waals surface area contributed by atoms with E-state index >= 15 is 0 Å². The molecule has 0 spiro atoms. The fourth-order valence-electron chi connectivity index (χ4n) is 4.63. The number of nitrogens with two attached hydrogens (primary N) is 1. The number of nitrogens with one attached hydrogen (secondary N) is 4. The highest BCUT2D eigenvalue weighted by Gasteiger charge is 2.15. The Balaban J connectivity index is 1.51. The number of carbonyl (C=O) groups excluding carboxylic acids is 1. The van der Waals surface area contributed by atoms with Crippen molar-refractivity contribution in [2.24, 2.45) is 11.7 Å². The van der Waals surface area contributed by atoms with Crippen LogP contribution in [-0.2, 0) is 20.7 Å². The molecule has 1 aromatic carbocycles. The summed E-state index contributed by atoms with van der Waals surface area (Å²) in [4.78, 5) is 26.2. The second kappa shape index (κ2) is 18.4. The molecule has 0 saturated heterocycles. The van der Waals surface area contributed by atoms with Crippen LogP contribution in [0.15, 0.2) is 24.3 Å². The quantitative estimate of drug-likeness (QED) is 0.162. The van der Waals surface area contributed by atoms with Gasteiger partial charge in [-0.1, -0.05) is 45.2 Å². The standard InChI is InChI=1S/C29H48N8O3/c1-3-24(4-2)33-28-35-27(32-21-23-8-6-5-7-9-23)36-29(37-28)34-25-12-10-22(11-13-25)20-26(38)31-15-17-40-19-18-39-16-14-30/h10-13,23-24H,3-9,14-21,30H2,1-2H3,(H,31,38)(H3,32,33,34,35,36,37). The van der Waals surface area contributed by atoms with E-state index in [9.17, 15) is 4.79 Å². The summed E-state index contributed by atoms with van der Waals surface area (Å²) >= 11 is 0. The summed E-state index contributed by atoms with van der Waals surface area (Å²) < 4.78 is 10.7. The largest absolute Gasteiger partial charge is 0.378 e. The van der Waals surface area contributed by atoms with Gasteiger partial charge in [0.2, 0.25) is 23.8 Å². The Bertz CT molecular complexity index is 982. The summed E-state index contributed by atoms with van der Waals surface area (Å²) in [7, 11) is 0. The van der Waals surface area contributed by atoms with Crippen molar-refractivity contribution in [2.45, 2.75) is 71.3 Å². The first-order chi connectivity index (χ1) is 19.6. The van der Waals surface area contributed by atoms with Crippen molar-refractivity contribution in [3.63, 3.8) is 0 Å². The molecule has 3 rings (SSSR count). The molecule has 1 fully saturated rings. The average Bonchev–Trinajstić information content (AvgIpc) is 2.97. The average molecular weight is 557 g/mol. The number of hydrogen-bond acceptors (Lipinski definition) is 10. The van der Waals surface area contributed by atoms with Gasteiger partial charge in [-0.25, -0.2) is 0 Å². The lowest BCUT2D eigenvalue weighted by Crippen LogP contribution is -2.29. The van der Waals surface area contributed by atoms with Crippen LogP contribution in [0.25, 0.3) is 0 Å². The van der Waals surface area contributed by atoms with Crippen LogP contribution in [-0.4, -0.2) is 73.0 Å². The number of nitrogens with zero attached hydrogens (tertiary/aromatic N) is 3. The molecular weight excluding hydrogens is 508 g/mol. The summed E-state index contributed by atoms with van der Waals surface area (Å²) in [6, 6.07) is 8.02. The van der Waals surface area contributed by atoms with Crippen LogP contribution in [0.5, 0.6) is 0 Å². The van der Waals surface area contributed by atoms with E-state index < -0.39 is 0 Å². The van der Waals surface area contributed by atoms with Crippen molar-refractivity contribution >= 4 is 29.4 Å². The van der Waals surface area contributed by atoms with Gasteiger partial charge in [0.15, 0.2) is 0 Å². The smallest absolute Gasteiger partial charge is 0.233 e. The lowest BCUT2D eigenvalue weighted by molar-refractivity contribution is -0.120. The maximum absolute atomic E-state index is 12.3. The van der Waals surface area contributed by atoms with Gasteiger partial charge >= 0.3 is 0 Å². The van der Waals surface area contributed by atoms with Gasteiger partial charge in [-0.3, -0.25) is 4.79 Å². The molecule has 0 bridgehead atoms. The van der Waals surface area contributed by atoms with E-state index in [1.807, 2.05) is 24.3 Å². The molecule has 1 aliphatic carbocycles. The molecule has 2 aromatic rings. The maximum atomic E-state index is 12.3. The second-order valence-corrected chi connectivity index (χ2v) is 10.2. The molecule has 1 aliphatic rings. The molecule has 0 aliphatic heterocycles. The minimum absolute atomic E-state index is 0.0491. The highest BCUT2D eigenvalue weighted by Crippen LogP contribution is 2.24. The molecule has 1 amide bonds. The van der Waals surface area contributed by atoms with Gasteiger partial charge in [-0.15, -0.1) is 0 Å². The lowest BCUT2D eigenvalue weighted by Gasteiger charge is -2.22. The van der Waals surface area contributed by atoms with Crippen LogP contribution >= 0.6 is 0 Å². The summed E-state index contributed by atoms with van der Waals surface area (Å²) in [5, 5.41) is 13.1. The summed E-state index contributed by atoms with van der Waals surface area (Å²) in [5.74, 6) is 2.24. The Morgan fingerprint density at radius 2 is 1.60 bits per heavy atom. The van der Waals surface area contributed by atoms with Gasteiger partial charge in [0.1, 0.15) is 0 Å². The third kappa shape index (κ3) is 12.0. The number of benzene rings is 1. The number of aromatic nitrogens is 3. The molecule has 40 heavy (non-hydrogen) atoms. The van der Waals surface area contributed by atoms with Crippen molar-refractivity contribution in [1.29, 1.82) is 0 Å². The van der Waals surface area contributed by atoms with Gasteiger partial charge in [0, 0.05) is 31.4 Å². The van der Waals surface area contributed by atoms with Crippen molar-refractivity contribution in [2.75, 3.05) is 62.0 Å². The second-order valence-electron chi connectivity index (χ2n) is 10.2. The first-order valence-corrected chi connectivity index (χ1v) is 14.8. The van der Waals surface area contributed by atoms with Crippen molar-refractivity contribution in [1.82, 2.24) is 20.3 Å². The number of amides is 1. The molecule has 0 atom stereocenters. The normalized spacial score (nSPS) is 13.8. The van der Waals surface area contributed by atoms with E-state index in [1.54, 1.807) is 0 Å². The molecule has 6 N–H and O–H groups in total. The Hall–Kier alpha value is -3.02. The topological polar surface area (TPSA) is 148 Å². The predicted octanol–water partition coefficient (Wildman–Crippen LogP) is 3.86. The Morgan fingerprint density at radius 3 is 2.30 bits per heavy atom. The zero-order valence-corrected chi connectivity index (χ0v) is 24.2. The third-order valence-corrected chi connectivity index (χ3v) is 7.01. The Labute approximate surface area is 238 Å². The van der Waals surface area contributed by atoms with Crippen molar-refractivity contribution < 1.29 is 14.3 Å². The highest BCUT2D eigenvalue weighted by atomic mass is 16.5. The van der Waals surface area contributed by atoms with Crippen molar-refractivity contribution in [3.05, 3.63) is 29.8 Å². The van der Waals surface area contributed by atoms with E-state index in [0.29, 0.717) is 75.7 Å². The van der Waals surface area contributed by atoms with Crippen LogP contribution in [0.4, 0.5) is 23.5 Å². The predicted molar refractivity (Wildman–Crippen MR) is 160 cm³/mol. The fourth-order valence-corrected chi connectivity index (χ4v) is 4.63. The lowest BCUT2D eigenvalue weighted by atomic mass is 9.89. The van der Waals surface area contributed by atoms with Gasteiger partial charge in [-0.05, 0) is 49.3 Å². The number of ether oxygens (including phenoxy) is 2. The highest BCUT2D eigenvalue weighted by molar-refractivity contribution is 5.78. The van der Waals surface area contributed by atoms with Gasteiger partial charge in [0.25, 0.3) is 0 Å². The maximum Gasteiger partial charge on any atom is 0.233 e. The zero-order valence-electron chi connectivity index (χ0n) is 24.2. The minimum Gasteiger partial charge on any atom is -0.378 e. The van der Waals surface area contributed by atoms with E-state index in [4.69, 9.17) is 15.2 Å². The first-order valence-electron chi connectivity index (χ1n) is 14.8. The summed E-state index contributed by atoms with van der Waals surface area (Å²) in [6.07, 6.45) is 8.72. The fraction of sp³-hybridized carbons (Fsp3) is 0.655. The number of carbonyl (C=O) groups is 1. The third-order valence-electron chi connectivity index (χ3n) is 7.01. The van der Waals surface area contributed by atoms with E-state index in [0.717, 1.165) is 30.6 Å². The number of anilines is 4. The van der Waals surface area contributed by atoms with Crippen LogP contribution < -0.4 is 27.0 Å². The summed E-state index contributed by atoms with van der Waals surface area (Å²) in [5.41, 5.74) is 7.12. The Kier molecular flexibility index (Phi) is 14.5. The molecule has 222 valence electrons. The van der Waals surface area contributed by atoms with Crippen LogP contribution in [0.2, 0.25) is 0 Å². The minimum atomic E-state index is -0.0491. The molecular formula is C29H48N8O3. The zero-order chi connectivity index (χ0) is 28.4. The molecule has 1 heterocycles. The molecule has 0 unspecified atom stereocenters.